The lowest BCUT2D eigenvalue weighted by Gasteiger charge is -2.27. The number of nitrogens with zero attached hydrogens (tertiary/aromatic N) is 3. The van der Waals surface area contributed by atoms with Gasteiger partial charge < -0.3 is 24.8 Å². The van der Waals surface area contributed by atoms with Gasteiger partial charge >= 0.3 is 12.1 Å². The minimum absolute atomic E-state index is 0. The van der Waals surface area contributed by atoms with E-state index >= 15 is 0 Å². The van der Waals surface area contributed by atoms with Crippen LogP contribution in [0.4, 0.5) is 16.2 Å². The number of carbonyl (C=O) groups excluding carboxylic acids is 5. The highest BCUT2D eigenvalue weighted by Gasteiger charge is 2.37. The second-order valence-electron chi connectivity index (χ2n) is 9.52. The van der Waals surface area contributed by atoms with Gasteiger partial charge in [0.25, 0.3) is 17.7 Å². The lowest BCUT2D eigenvalue weighted by molar-refractivity contribution is -0.153. The van der Waals surface area contributed by atoms with Crippen LogP contribution < -0.4 is 15.5 Å². The first-order chi connectivity index (χ1) is 19.0. The zero-order chi connectivity index (χ0) is 29.0. The molecule has 2 aromatic rings. The van der Waals surface area contributed by atoms with E-state index in [1.165, 1.54) is 17.0 Å². The minimum Gasteiger partial charge on any atom is -0.454 e. The van der Waals surface area contributed by atoms with Crippen LogP contribution in [0.5, 0.6) is 0 Å². The molecule has 41 heavy (non-hydrogen) atoms. The summed E-state index contributed by atoms with van der Waals surface area (Å²) in [6.07, 6.45) is -1.52. The van der Waals surface area contributed by atoms with Gasteiger partial charge in [-0.15, -0.1) is 23.7 Å². The van der Waals surface area contributed by atoms with Crippen molar-refractivity contribution in [1.82, 2.24) is 4.90 Å². The van der Waals surface area contributed by atoms with E-state index in [1.54, 1.807) is 43.0 Å². The molecule has 1 aromatic heterocycles. The molecule has 0 bridgehead atoms. The SMILES string of the molecule is CC(C)[C@H](N)C(=O)OCC(=O)N(C[C@H]1CN(c2ccc(N3CCOCC3=O)cc2)C(=O)O1)C(=O)c1ccc(Cl)s1.Cl. The van der Waals surface area contributed by atoms with Crippen LogP contribution in [0.1, 0.15) is 23.5 Å². The third kappa shape index (κ3) is 7.74. The highest BCUT2D eigenvalue weighted by molar-refractivity contribution is 7.18. The number of cyclic esters (lactones) is 1. The number of anilines is 2. The number of nitrogens with two attached hydrogens (primary N) is 1. The smallest absolute Gasteiger partial charge is 0.414 e. The molecule has 2 aliphatic heterocycles. The summed E-state index contributed by atoms with van der Waals surface area (Å²) >= 11 is 6.96. The van der Waals surface area contributed by atoms with Crippen molar-refractivity contribution in [2.45, 2.75) is 26.0 Å². The molecule has 0 radical (unpaired) electrons. The van der Waals surface area contributed by atoms with Crippen LogP contribution in [-0.2, 0) is 28.6 Å². The Hall–Kier alpha value is -3.23. The van der Waals surface area contributed by atoms with E-state index < -0.39 is 42.6 Å². The number of carbonyl (C=O) groups is 5. The number of hydrogen-bond acceptors (Lipinski definition) is 10. The molecule has 4 amide bonds. The maximum Gasteiger partial charge on any atom is 0.414 e. The van der Waals surface area contributed by atoms with Gasteiger partial charge in [-0.05, 0) is 42.3 Å². The van der Waals surface area contributed by atoms with Gasteiger partial charge in [-0.25, -0.2) is 4.79 Å². The van der Waals surface area contributed by atoms with Gasteiger partial charge in [0, 0.05) is 17.9 Å². The fraction of sp³-hybridized carbons (Fsp3) is 0.423. The zero-order valence-electron chi connectivity index (χ0n) is 22.3. The highest BCUT2D eigenvalue weighted by Crippen LogP contribution is 2.27. The van der Waals surface area contributed by atoms with Crippen LogP contribution in [-0.4, -0.2) is 86.3 Å². The Bertz CT molecular complexity index is 1290. The number of halogens is 2. The monoisotopic (exact) mass is 628 g/mol. The average molecular weight is 630 g/mol. The van der Waals surface area contributed by atoms with E-state index in [2.05, 4.69) is 0 Å². The summed E-state index contributed by atoms with van der Waals surface area (Å²) in [6.45, 7) is 3.41. The number of thiophene rings is 1. The maximum atomic E-state index is 13.2. The van der Waals surface area contributed by atoms with Crippen LogP contribution >= 0.6 is 35.3 Å². The minimum atomic E-state index is -0.926. The van der Waals surface area contributed by atoms with Gasteiger partial charge in [-0.1, -0.05) is 25.4 Å². The van der Waals surface area contributed by atoms with E-state index in [0.29, 0.717) is 28.9 Å². The molecule has 3 heterocycles. The number of esters is 1. The van der Waals surface area contributed by atoms with Crippen LogP contribution in [0.25, 0.3) is 0 Å². The predicted molar refractivity (Wildman–Crippen MR) is 154 cm³/mol. The van der Waals surface area contributed by atoms with Crippen LogP contribution in [0.3, 0.4) is 0 Å². The number of benzene rings is 1. The van der Waals surface area contributed by atoms with E-state index in [1.807, 2.05) is 0 Å². The fourth-order valence-corrected chi connectivity index (χ4v) is 5.07. The topological polar surface area (TPSA) is 149 Å². The zero-order valence-corrected chi connectivity index (χ0v) is 24.7. The normalized spacial score (nSPS) is 17.6. The van der Waals surface area contributed by atoms with Crippen LogP contribution in [0.15, 0.2) is 36.4 Å². The molecule has 2 saturated heterocycles. The largest absolute Gasteiger partial charge is 0.454 e. The first-order valence-corrected chi connectivity index (χ1v) is 13.7. The summed E-state index contributed by atoms with van der Waals surface area (Å²) in [7, 11) is 0. The number of morpholine rings is 1. The van der Waals surface area contributed by atoms with Crippen molar-refractivity contribution >= 4 is 76.5 Å². The summed E-state index contributed by atoms with van der Waals surface area (Å²) in [4.78, 5) is 67.3. The number of rotatable bonds is 9. The molecule has 0 spiro atoms. The summed E-state index contributed by atoms with van der Waals surface area (Å²) < 4.78 is 16.0. The van der Waals surface area contributed by atoms with Crippen LogP contribution in [0, 0.1) is 5.92 Å². The molecule has 2 aliphatic rings. The van der Waals surface area contributed by atoms with Gasteiger partial charge in [0.05, 0.1) is 28.9 Å². The van der Waals surface area contributed by atoms with E-state index in [9.17, 15) is 24.0 Å². The third-order valence-electron chi connectivity index (χ3n) is 6.38. The van der Waals surface area contributed by atoms with Crippen molar-refractivity contribution in [3.8, 4) is 0 Å². The van der Waals surface area contributed by atoms with Crippen molar-refractivity contribution in [2.75, 3.05) is 49.3 Å². The molecule has 2 atom stereocenters. The molecule has 222 valence electrons. The Labute approximate surface area is 251 Å². The second kappa shape index (κ2) is 14.1. The summed E-state index contributed by atoms with van der Waals surface area (Å²) in [6, 6.07) is 8.87. The first-order valence-electron chi connectivity index (χ1n) is 12.5. The molecule has 2 fully saturated rings. The molecular weight excluding hydrogens is 599 g/mol. The fourth-order valence-electron chi connectivity index (χ4n) is 4.07. The molecule has 4 rings (SSSR count). The number of imide groups is 1. The standard InChI is InChI=1S/C26H29ClN4O8S.ClH/c1-15(2)23(28)25(35)38-14-22(33)31(24(34)19-7-8-20(27)40-19)12-18-11-30(26(36)39-18)17-5-3-16(4-6-17)29-9-10-37-13-21(29)32;/h3-8,15,18,23H,9-14,28H2,1-2H3;1H/t18-,23+;/m1./s1. The maximum absolute atomic E-state index is 13.2. The summed E-state index contributed by atoms with van der Waals surface area (Å²) in [5.74, 6) is -2.59. The quantitative estimate of drug-likeness (QED) is 0.414. The lowest BCUT2D eigenvalue weighted by Crippen LogP contribution is -2.46. The third-order valence-corrected chi connectivity index (χ3v) is 7.60. The van der Waals surface area contributed by atoms with Gasteiger partial charge in [-0.2, -0.15) is 0 Å². The summed E-state index contributed by atoms with van der Waals surface area (Å²) in [5, 5.41) is 0. The second-order valence-corrected chi connectivity index (χ2v) is 11.2. The van der Waals surface area contributed by atoms with Crippen molar-refractivity contribution in [2.24, 2.45) is 11.7 Å². The molecule has 0 aliphatic carbocycles. The number of amides is 4. The van der Waals surface area contributed by atoms with Gasteiger partial charge in [0.15, 0.2) is 6.61 Å². The lowest BCUT2D eigenvalue weighted by atomic mass is 10.1. The molecule has 2 N–H and O–H groups in total. The van der Waals surface area contributed by atoms with Gasteiger partial charge in [0.2, 0.25) is 0 Å². The first kappa shape index (κ1) is 32.3. The van der Waals surface area contributed by atoms with Crippen molar-refractivity contribution in [3.05, 3.63) is 45.6 Å². The summed E-state index contributed by atoms with van der Waals surface area (Å²) in [5.41, 5.74) is 6.97. The Morgan fingerprint density at radius 3 is 2.37 bits per heavy atom. The molecule has 0 unspecified atom stereocenters. The Kier molecular flexibility index (Phi) is 11.1. The van der Waals surface area contributed by atoms with Gasteiger partial charge in [-0.3, -0.25) is 29.0 Å². The van der Waals surface area contributed by atoms with Crippen molar-refractivity contribution < 1.29 is 38.2 Å². The number of hydrogen-bond donors (Lipinski definition) is 1. The number of ether oxygens (including phenoxy) is 3. The van der Waals surface area contributed by atoms with Crippen molar-refractivity contribution in [1.29, 1.82) is 0 Å². The highest BCUT2D eigenvalue weighted by atomic mass is 35.5. The van der Waals surface area contributed by atoms with E-state index in [0.717, 1.165) is 16.2 Å². The molecule has 0 saturated carbocycles. The Morgan fingerprint density at radius 2 is 1.78 bits per heavy atom. The molecule has 15 heteroatoms. The molecule has 1 aromatic carbocycles. The van der Waals surface area contributed by atoms with E-state index in [-0.39, 0.29) is 48.8 Å². The van der Waals surface area contributed by atoms with Crippen molar-refractivity contribution in [3.63, 3.8) is 0 Å². The Morgan fingerprint density at radius 1 is 1.12 bits per heavy atom. The molecule has 12 nitrogen and oxygen atoms in total. The van der Waals surface area contributed by atoms with Gasteiger partial charge in [0.1, 0.15) is 18.8 Å². The predicted octanol–water partition coefficient (Wildman–Crippen LogP) is 2.71. The van der Waals surface area contributed by atoms with E-state index in [4.69, 9.17) is 31.5 Å². The van der Waals surface area contributed by atoms with Crippen LogP contribution in [0.2, 0.25) is 4.34 Å². The average Bonchev–Trinajstić information content (AvgIpc) is 3.54. The Balaban J connectivity index is 0.00000462. The molecular formula is C26H30Cl2N4O8S.